The van der Waals surface area contributed by atoms with Gasteiger partial charge in [0.15, 0.2) is 0 Å². The number of nitrogen functional groups attached to an aromatic ring is 2. The Labute approximate surface area is 185 Å². The lowest BCUT2D eigenvalue weighted by Crippen LogP contribution is -1.92. The molecule has 4 rings (SSSR count). The second-order valence-corrected chi connectivity index (χ2v) is 8.01. The summed E-state index contributed by atoms with van der Waals surface area (Å²) in [5.41, 5.74) is 17.5. The van der Waals surface area contributed by atoms with Crippen LogP contribution >= 0.6 is 11.8 Å². The molecule has 31 heavy (non-hydrogen) atoms. The minimum Gasteiger partial charge on any atom is -0.399 e. The summed E-state index contributed by atoms with van der Waals surface area (Å²) >= 11 is 1.60. The monoisotopic (exact) mass is 418 g/mol. The number of nitrogens with two attached hydrogens (primary N) is 2. The lowest BCUT2D eigenvalue weighted by molar-refractivity contribution is 1.38. The lowest BCUT2D eigenvalue weighted by Gasteiger charge is -2.14. The molecule has 0 bridgehead atoms. The Morgan fingerprint density at radius 3 is 1.39 bits per heavy atom. The molecule has 0 saturated carbocycles. The fraction of sp³-hybridized carbons (Fsp3) is 0. The number of nitriles is 2. The largest absolute Gasteiger partial charge is 0.399 e. The molecular weight excluding hydrogens is 400 g/mol. The Balaban J connectivity index is 1.83. The zero-order chi connectivity index (χ0) is 21.8. The lowest BCUT2D eigenvalue weighted by atomic mass is 9.99. The summed E-state index contributed by atoms with van der Waals surface area (Å²) in [6.07, 6.45) is 0. The van der Waals surface area contributed by atoms with Gasteiger partial charge in [0.05, 0.1) is 23.3 Å². The molecule has 0 spiro atoms. The molecule has 4 aromatic carbocycles. The van der Waals surface area contributed by atoms with Crippen molar-refractivity contribution >= 4 is 23.1 Å². The maximum absolute atomic E-state index is 9.60. The van der Waals surface area contributed by atoms with E-state index >= 15 is 0 Å². The van der Waals surface area contributed by atoms with Gasteiger partial charge in [-0.15, -0.1) is 0 Å². The topological polar surface area (TPSA) is 99.6 Å². The standard InChI is InChI=1S/C26H18N4S/c27-15-17-13-19(29)9-11-21(17)23-5-1-3-7-25(23)31-26-8-4-2-6-24(26)22-12-10-20(30)14-18(22)16-28/h1-14H,29-30H2. The number of nitrogens with zero attached hydrogens (tertiary/aromatic N) is 2. The molecule has 0 aliphatic rings. The van der Waals surface area contributed by atoms with Gasteiger partial charge >= 0.3 is 0 Å². The maximum Gasteiger partial charge on any atom is 0.0998 e. The van der Waals surface area contributed by atoms with E-state index in [0.717, 1.165) is 32.0 Å². The van der Waals surface area contributed by atoms with Gasteiger partial charge in [0.2, 0.25) is 0 Å². The summed E-state index contributed by atoms with van der Waals surface area (Å²) in [5, 5.41) is 19.2. The van der Waals surface area contributed by atoms with Crippen LogP contribution in [0, 0.1) is 22.7 Å². The van der Waals surface area contributed by atoms with Crippen LogP contribution in [0.25, 0.3) is 22.3 Å². The highest BCUT2D eigenvalue weighted by Crippen LogP contribution is 2.42. The number of hydrogen-bond acceptors (Lipinski definition) is 5. The average molecular weight is 419 g/mol. The van der Waals surface area contributed by atoms with E-state index in [1.165, 1.54) is 0 Å². The quantitative estimate of drug-likeness (QED) is 0.391. The predicted octanol–water partition coefficient (Wildman–Crippen LogP) is 6.08. The second-order valence-electron chi connectivity index (χ2n) is 6.93. The van der Waals surface area contributed by atoms with Crippen molar-refractivity contribution < 1.29 is 0 Å². The molecule has 4 nitrogen and oxygen atoms in total. The summed E-state index contributed by atoms with van der Waals surface area (Å²) < 4.78 is 0. The minimum atomic E-state index is 0.534. The Kier molecular flexibility index (Phi) is 5.62. The summed E-state index contributed by atoms with van der Waals surface area (Å²) in [5.74, 6) is 0. The van der Waals surface area contributed by atoms with Gasteiger partial charge in [-0.25, -0.2) is 0 Å². The van der Waals surface area contributed by atoms with E-state index in [4.69, 9.17) is 11.5 Å². The van der Waals surface area contributed by atoms with Crippen LogP contribution in [0.5, 0.6) is 0 Å². The first kappa shape index (κ1) is 20.1. The third-order valence-electron chi connectivity index (χ3n) is 4.90. The van der Waals surface area contributed by atoms with Crippen molar-refractivity contribution in [1.29, 1.82) is 10.5 Å². The SMILES string of the molecule is N#Cc1cc(N)ccc1-c1ccccc1Sc1ccccc1-c1ccc(N)cc1C#N. The van der Waals surface area contributed by atoms with Crippen molar-refractivity contribution in [2.24, 2.45) is 0 Å². The van der Waals surface area contributed by atoms with E-state index < -0.39 is 0 Å². The van der Waals surface area contributed by atoms with Crippen molar-refractivity contribution in [3.05, 3.63) is 96.1 Å². The number of benzene rings is 4. The molecule has 0 fully saturated rings. The van der Waals surface area contributed by atoms with E-state index in [1.54, 1.807) is 36.0 Å². The molecule has 0 amide bonds. The molecule has 4 aromatic rings. The smallest absolute Gasteiger partial charge is 0.0998 e. The molecule has 0 atom stereocenters. The van der Waals surface area contributed by atoms with Crippen molar-refractivity contribution in [3.8, 4) is 34.4 Å². The first-order valence-electron chi connectivity index (χ1n) is 9.56. The highest BCUT2D eigenvalue weighted by Gasteiger charge is 2.15. The van der Waals surface area contributed by atoms with Crippen LogP contribution in [0.3, 0.4) is 0 Å². The molecule has 148 valence electrons. The van der Waals surface area contributed by atoms with Crippen LogP contribution in [0.2, 0.25) is 0 Å². The average Bonchev–Trinajstić information content (AvgIpc) is 2.80. The van der Waals surface area contributed by atoms with Gasteiger partial charge in [-0.2, -0.15) is 10.5 Å². The van der Waals surface area contributed by atoms with Gasteiger partial charge in [0.25, 0.3) is 0 Å². The fourth-order valence-corrected chi connectivity index (χ4v) is 4.56. The van der Waals surface area contributed by atoms with Crippen LogP contribution in [-0.4, -0.2) is 0 Å². The van der Waals surface area contributed by atoms with E-state index in [9.17, 15) is 10.5 Å². The van der Waals surface area contributed by atoms with Crippen molar-refractivity contribution in [3.63, 3.8) is 0 Å². The highest BCUT2D eigenvalue weighted by molar-refractivity contribution is 7.99. The predicted molar refractivity (Wildman–Crippen MR) is 126 cm³/mol. The van der Waals surface area contributed by atoms with Crippen LogP contribution in [0.4, 0.5) is 11.4 Å². The third kappa shape index (κ3) is 4.09. The van der Waals surface area contributed by atoms with Crippen LogP contribution in [-0.2, 0) is 0 Å². The fourth-order valence-electron chi connectivity index (χ4n) is 3.45. The van der Waals surface area contributed by atoms with Gasteiger partial charge in [0.1, 0.15) is 0 Å². The molecular formula is C26H18N4S. The van der Waals surface area contributed by atoms with Gasteiger partial charge in [-0.05, 0) is 47.5 Å². The van der Waals surface area contributed by atoms with Crippen LogP contribution < -0.4 is 11.5 Å². The second kappa shape index (κ2) is 8.67. The van der Waals surface area contributed by atoms with Crippen molar-refractivity contribution in [2.45, 2.75) is 9.79 Å². The molecule has 0 heterocycles. The van der Waals surface area contributed by atoms with Gasteiger partial charge in [-0.1, -0.05) is 60.3 Å². The normalized spacial score (nSPS) is 10.3. The van der Waals surface area contributed by atoms with Gasteiger partial charge in [0, 0.05) is 32.3 Å². The molecule has 5 heteroatoms. The first-order chi connectivity index (χ1) is 15.1. The zero-order valence-electron chi connectivity index (χ0n) is 16.5. The van der Waals surface area contributed by atoms with E-state index in [1.807, 2.05) is 60.7 Å². The summed E-state index contributed by atoms with van der Waals surface area (Å²) in [6, 6.07) is 31.2. The number of rotatable bonds is 4. The van der Waals surface area contributed by atoms with E-state index in [2.05, 4.69) is 12.1 Å². The Morgan fingerprint density at radius 2 is 0.968 bits per heavy atom. The molecule has 4 N–H and O–H groups in total. The third-order valence-corrected chi connectivity index (χ3v) is 6.05. The van der Waals surface area contributed by atoms with Crippen molar-refractivity contribution in [1.82, 2.24) is 0 Å². The Morgan fingerprint density at radius 1 is 0.548 bits per heavy atom. The minimum absolute atomic E-state index is 0.534. The Hall–Kier alpha value is -4.19. The first-order valence-corrected chi connectivity index (χ1v) is 10.4. The maximum atomic E-state index is 9.60. The molecule has 0 radical (unpaired) electrons. The molecule has 0 saturated heterocycles. The summed E-state index contributed by atoms with van der Waals surface area (Å²) in [7, 11) is 0. The Bertz CT molecular complexity index is 1260. The zero-order valence-corrected chi connectivity index (χ0v) is 17.4. The molecule has 0 aromatic heterocycles. The van der Waals surface area contributed by atoms with Crippen molar-refractivity contribution in [2.75, 3.05) is 11.5 Å². The molecule has 0 unspecified atom stereocenters. The summed E-state index contributed by atoms with van der Waals surface area (Å²) in [4.78, 5) is 2.01. The van der Waals surface area contributed by atoms with Gasteiger partial charge < -0.3 is 11.5 Å². The van der Waals surface area contributed by atoms with Crippen LogP contribution in [0.1, 0.15) is 11.1 Å². The summed E-state index contributed by atoms with van der Waals surface area (Å²) in [6.45, 7) is 0. The van der Waals surface area contributed by atoms with Gasteiger partial charge in [-0.3, -0.25) is 0 Å². The molecule has 0 aliphatic heterocycles. The molecule has 0 aliphatic carbocycles. The number of hydrogen-bond donors (Lipinski definition) is 2. The van der Waals surface area contributed by atoms with E-state index in [0.29, 0.717) is 22.5 Å². The van der Waals surface area contributed by atoms with Crippen LogP contribution in [0.15, 0.2) is 94.7 Å². The number of anilines is 2. The van der Waals surface area contributed by atoms with E-state index in [-0.39, 0.29) is 0 Å². The highest BCUT2D eigenvalue weighted by atomic mass is 32.2.